The van der Waals surface area contributed by atoms with Crippen LogP contribution in [-0.2, 0) is 9.53 Å². The molecule has 0 bridgehead atoms. The van der Waals surface area contributed by atoms with Crippen molar-refractivity contribution in [1.29, 1.82) is 0 Å². The van der Waals surface area contributed by atoms with E-state index in [2.05, 4.69) is 27.5 Å². The third-order valence-corrected chi connectivity index (χ3v) is 3.86. The molecule has 0 radical (unpaired) electrons. The molecule has 0 amide bonds. The molecule has 0 fully saturated rings. The van der Waals surface area contributed by atoms with Crippen LogP contribution in [0.2, 0.25) is 0 Å². The minimum absolute atomic E-state index is 0. The number of esters is 1. The van der Waals surface area contributed by atoms with E-state index in [1.54, 1.807) is 0 Å². The summed E-state index contributed by atoms with van der Waals surface area (Å²) in [5, 5.41) is 0. The zero-order chi connectivity index (χ0) is 14.6. The first-order valence-electron chi connectivity index (χ1n) is 7.70. The normalized spacial score (nSPS) is 13.2. The smallest absolute Gasteiger partial charge is 0.330 e. The van der Waals surface area contributed by atoms with Gasteiger partial charge in [-0.2, -0.15) is 0 Å². The van der Waals surface area contributed by atoms with Crippen LogP contribution in [0.3, 0.4) is 0 Å². The third kappa shape index (κ3) is 11.3. The topological polar surface area (TPSA) is 26.3 Å². The molecule has 0 aliphatic rings. The van der Waals surface area contributed by atoms with Gasteiger partial charge < -0.3 is 21.6 Å². The third-order valence-electron chi connectivity index (χ3n) is 3.86. The van der Waals surface area contributed by atoms with Crippen molar-refractivity contribution in [2.75, 3.05) is 33.3 Å². The first kappa shape index (κ1) is 21.8. The average Bonchev–Trinajstić information content (AvgIpc) is 2.42. The molecular weight excluding hydrogens is 274 g/mol. The number of nitrogens with zero attached hydrogens (tertiary/aromatic N) is 1. The summed E-state index contributed by atoms with van der Waals surface area (Å²) in [7, 11) is 2.24. The monoisotopic (exact) mass is 305 g/mol. The van der Waals surface area contributed by atoms with E-state index in [1.807, 2.05) is 0 Å². The average molecular weight is 306 g/mol. The summed E-state index contributed by atoms with van der Waals surface area (Å²) in [5.74, 6) is -0.317. The van der Waals surface area contributed by atoms with Crippen LogP contribution in [0, 0.1) is 0 Å². The lowest BCUT2D eigenvalue weighted by atomic mass is 10.1. The summed E-state index contributed by atoms with van der Waals surface area (Å²) in [4.78, 5) is 11.0. The molecule has 0 aromatic carbocycles. The zero-order valence-electron chi connectivity index (χ0n) is 13.5. The van der Waals surface area contributed by atoms with Crippen LogP contribution in [0.4, 0.5) is 0 Å². The molecule has 1 atom stereocenters. The number of likely N-dealkylation sites (N-methyl/N-ethyl adjacent to an activating group) is 1. The highest BCUT2D eigenvalue weighted by Gasteiger charge is 2.18. The Kier molecular flexibility index (Phi) is 14.6. The maximum atomic E-state index is 11.0. The van der Waals surface area contributed by atoms with Crippen molar-refractivity contribution in [3.63, 3.8) is 0 Å². The number of carbonyl (C=O) groups excluding carboxylic acids is 1. The fourth-order valence-electron chi connectivity index (χ4n) is 2.13. The Hall–Kier alpha value is -0.540. The Morgan fingerprint density at radius 3 is 2.25 bits per heavy atom. The fraction of sp³-hybridized carbons (Fsp3) is 0.812. The van der Waals surface area contributed by atoms with Gasteiger partial charge in [-0.25, -0.2) is 4.79 Å². The van der Waals surface area contributed by atoms with E-state index >= 15 is 0 Å². The van der Waals surface area contributed by atoms with E-state index in [0.717, 1.165) is 17.6 Å². The predicted octanol–water partition coefficient (Wildman–Crippen LogP) is 0.547. The summed E-state index contributed by atoms with van der Waals surface area (Å²) in [6.07, 6.45) is 9.19. The van der Waals surface area contributed by atoms with E-state index in [-0.39, 0.29) is 18.4 Å². The number of rotatable bonds is 12. The van der Waals surface area contributed by atoms with Gasteiger partial charge in [0.25, 0.3) is 0 Å². The lowest BCUT2D eigenvalue weighted by Crippen LogP contribution is -3.00. The molecule has 0 aliphatic heterocycles. The molecule has 0 aromatic heterocycles. The van der Waals surface area contributed by atoms with Crippen molar-refractivity contribution in [1.82, 2.24) is 0 Å². The first-order valence-corrected chi connectivity index (χ1v) is 7.70. The summed E-state index contributed by atoms with van der Waals surface area (Å²) >= 11 is 0. The van der Waals surface area contributed by atoms with Crippen LogP contribution in [0.5, 0.6) is 0 Å². The lowest BCUT2D eigenvalue weighted by Gasteiger charge is -2.33. The highest BCUT2D eigenvalue weighted by atomic mass is 35.5. The van der Waals surface area contributed by atoms with E-state index in [9.17, 15) is 4.79 Å². The molecule has 0 heterocycles. The SMILES string of the molecule is C=CC(=O)OCC[N+](C)(CC)CCCCCCCC.[Cl-]. The van der Waals surface area contributed by atoms with Gasteiger partial charge in [0.15, 0.2) is 0 Å². The fourth-order valence-corrected chi connectivity index (χ4v) is 2.13. The molecule has 120 valence electrons. The molecule has 0 saturated carbocycles. The second-order valence-electron chi connectivity index (χ2n) is 5.52. The van der Waals surface area contributed by atoms with Gasteiger partial charge in [0.05, 0.1) is 20.1 Å². The van der Waals surface area contributed by atoms with Gasteiger partial charge in [-0.15, -0.1) is 0 Å². The van der Waals surface area contributed by atoms with Crippen molar-refractivity contribution in [2.24, 2.45) is 0 Å². The Balaban J connectivity index is 0. The van der Waals surface area contributed by atoms with Crippen LogP contribution >= 0.6 is 0 Å². The summed E-state index contributed by atoms with van der Waals surface area (Å²) < 4.78 is 6.06. The van der Waals surface area contributed by atoms with Crippen LogP contribution in [-0.4, -0.2) is 43.7 Å². The number of hydrogen-bond donors (Lipinski definition) is 0. The van der Waals surface area contributed by atoms with Gasteiger partial charge in [0, 0.05) is 6.08 Å². The van der Waals surface area contributed by atoms with Crippen LogP contribution in [0.15, 0.2) is 12.7 Å². The number of unbranched alkanes of at least 4 members (excludes halogenated alkanes) is 5. The van der Waals surface area contributed by atoms with E-state index in [1.165, 1.54) is 51.1 Å². The van der Waals surface area contributed by atoms with E-state index in [0.29, 0.717) is 6.61 Å². The predicted molar refractivity (Wildman–Crippen MR) is 81.0 cm³/mol. The van der Waals surface area contributed by atoms with Crippen molar-refractivity contribution in [3.05, 3.63) is 12.7 Å². The number of hydrogen-bond acceptors (Lipinski definition) is 2. The molecule has 0 spiro atoms. The number of halogens is 1. The van der Waals surface area contributed by atoms with Crippen molar-refractivity contribution in [2.45, 2.75) is 52.4 Å². The minimum Gasteiger partial charge on any atom is -1.00 e. The second-order valence-corrected chi connectivity index (χ2v) is 5.52. The highest BCUT2D eigenvalue weighted by molar-refractivity contribution is 5.81. The number of quaternary nitrogens is 1. The van der Waals surface area contributed by atoms with Crippen LogP contribution < -0.4 is 12.4 Å². The molecule has 0 aromatic rings. The molecule has 4 heteroatoms. The van der Waals surface area contributed by atoms with Crippen LogP contribution in [0.25, 0.3) is 0 Å². The van der Waals surface area contributed by atoms with Crippen molar-refractivity contribution < 1.29 is 26.4 Å². The van der Waals surface area contributed by atoms with E-state index < -0.39 is 0 Å². The number of ether oxygens (including phenoxy) is 1. The van der Waals surface area contributed by atoms with Gasteiger partial charge in [0.1, 0.15) is 13.2 Å². The molecule has 20 heavy (non-hydrogen) atoms. The Morgan fingerprint density at radius 2 is 1.70 bits per heavy atom. The van der Waals surface area contributed by atoms with Gasteiger partial charge in [-0.05, 0) is 19.8 Å². The van der Waals surface area contributed by atoms with E-state index in [4.69, 9.17) is 4.74 Å². The minimum atomic E-state index is -0.317. The molecule has 0 rings (SSSR count). The molecule has 0 aliphatic carbocycles. The molecular formula is C16H32ClNO2. The maximum absolute atomic E-state index is 11.0. The molecule has 0 N–H and O–H groups in total. The summed E-state index contributed by atoms with van der Waals surface area (Å²) in [6.45, 7) is 11.5. The Morgan fingerprint density at radius 1 is 1.10 bits per heavy atom. The molecule has 1 unspecified atom stereocenters. The van der Waals surface area contributed by atoms with Crippen LogP contribution in [0.1, 0.15) is 52.4 Å². The summed E-state index contributed by atoms with van der Waals surface area (Å²) in [6, 6.07) is 0. The van der Waals surface area contributed by atoms with Crippen molar-refractivity contribution >= 4 is 5.97 Å². The Labute approximate surface area is 131 Å². The summed E-state index contributed by atoms with van der Waals surface area (Å²) in [5.41, 5.74) is 0. The maximum Gasteiger partial charge on any atom is 0.330 e. The second kappa shape index (κ2) is 13.4. The van der Waals surface area contributed by atoms with Crippen molar-refractivity contribution in [3.8, 4) is 0 Å². The largest absolute Gasteiger partial charge is 1.00 e. The Bertz CT molecular complexity index is 259. The van der Waals surface area contributed by atoms with Gasteiger partial charge in [0.2, 0.25) is 0 Å². The zero-order valence-corrected chi connectivity index (χ0v) is 14.3. The van der Waals surface area contributed by atoms with Gasteiger partial charge >= 0.3 is 5.97 Å². The highest BCUT2D eigenvalue weighted by Crippen LogP contribution is 2.09. The standard InChI is InChI=1S/C16H32NO2.ClH/c1-5-8-9-10-11-12-13-17(4,7-3)14-15-19-16(18)6-2;/h6H,2,5,7-15H2,1,3-4H3;1H/q+1;/p-1. The lowest BCUT2D eigenvalue weighted by molar-refractivity contribution is -0.908. The quantitative estimate of drug-likeness (QED) is 0.228. The molecule has 0 saturated heterocycles. The van der Waals surface area contributed by atoms with Gasteiger partial charge in [-0.3, -0.25) is 0 Å². The van der Waals surface area contributed by atoms with Gasteiger partial charge in [-0.1, -0.05) is 39.2 Å². The number of carbonyl (C=O) groups is 1. The first-order chi connectivity index (χ1) is 9.08. The molecule has 3 nitrogen and oxygen atoms in total.